The molecule has 1 unspecified atom stereocenters. The van der Waals surface area contributed by atoms with Gasteiger partial charge in [0.05, 0.1) is 0 Å². The third-order valence-corrected chi connectivity index (χ3v) is 2.59. The van der Waals surface area contributed by atoms with Crippen LogP contribution in [-0.2, 0) is 6.54 Å². The number of hydrogen-bond donors (Lipinski definition) is 2. The van der Waals surface area contributed by atoms with Crippen molar-refractivity contribution in [1.82, 2.24) is 5.32 Å². The minimum Gasteiger partial charge on any atom is -0.328 e. The molecule has 0 fully saturated rings. The van der Waals surface area contributed by atoms with Crippen LogP contribution in [0.5, 0.6) is 0 Å². The van der Waals surface area contributed by atoms with Crippen LogP contribution in [-0.4, -0.2) is 12.6 Å². The van der Waals surface area contributed by atoms with Crippen LogP contribution in [0.1, 0.15) is 30.9 Å². The van der Waals surface area contributed by atoms with Gasteiger partial charge in [-0.15, -0.1) is 0 Å². The summed E-state index contributed by atoms with van der Waals surface area (Å²) in [5, 5.41) is 3.44. The third-order valence-electron chi connectivity index (χ3n) is 2.59. The first-order valence-corrected chi connectivity index (χ1v) is 5.71. The van der Waals surface area contributed by atoms with Crippen molar-refractivity contribution in [1.29, 1.82) is 0 Å². The van der Waals surface area contributed by atoms with Gasteiger partial charge in [-0.1, -0.05) is 24.3 Å². The summed E-state index contributed by atoms with van der Waals surface area (Å²) in [6.07, 6.45) is 2.25. The SMILES string of the molecule is Cc1ccccc1CNCCCC(C)N. The summed E-state index contributed by atoms with van der Waals surface area (Å²) >= 11 is 0. The Kier molecular flexibility index (Phi) is 5.37. The molecule has 0 heterocycles. The number of benzene rings is 1. The van der Waals surface area contributed by atoms with Crippen molar-refractivity contribution in [3.05, 3.63) is 35.4 Å². The van der Waals surface area contributed by atoms with Gasteiger partial charge in [0, 0.05) is 12.6 Å². The highest BCUT2D eigenvalue weighted by molar-refractivity contribution is 5.25. The molecule has 0 spiro atoms. The highest BCUT2D eigenvalue weighted by atomic mass is 14.8. The molecule has 1 atom stereocenters. The van der Waals surface area contributed by atoms with Crippen molar-refractivity contribution in [3.8, 4) is 0 Å². The molecule has 0 saturated heterocycles. The molecule has 84 valence electrons. The maximum atomic E-state index is 5.68. The number of hydrogen-bond acceptors (Lipinski definition) is 2. The molecule has 0 radical (unpaired) electrons. The average Bonchev–Trinajstić information content (AvgIpc) is 2.20. The molecular weight excluding hydrogens is 184 g/mol. The predicted molar refractivity (Wildman–Crippen MR) is 65.8 cm³/mol. The zero-order valence-corrected chi connectivity index (χ0v) is 9.79. The molecule has 0 aliphatic heterocycles. The summed E-state index contributed by atoms with van der Waals surface area (Å²) in [6, 6.07) is 8.82. The van der Waals surface area contributed by atoms with E-state index in [4.69, 9.17) is 5.73 Å². The Balaban J connectivity index is 2.18. The zero-order valence-electron chi connectivity index (χ0n) is 9.79. The summed E-state index contributed by atoms with van der Waals surface area (Å²) in [4.78, 5) is 0. The molecule has 15 heavy (non-hydrogen) atoms. The molecular formula is C13H22N2. The van der Waals surface area contributed by atoms with E-state index in [-0.39, 0.29) is 0 Å². The van der Waals surface area contributed by atoms with Gasteiger partial charge in [0.25, 0.3) is 0 Å². The Bertz CT molecular complexity index is 282. The molecule has 0 bridgehead atoms. The molecule has 0 aliphatic carbocycles. The van der Waals surface area contributed by atoms with Crippen LogP contribution in [0, 0.1) is 6.92 Å². The fourth-order valence-corrected chi connectivity index (χ4v) is 1.58. The van der Waals surface area contributed by atoms with Crippen molar-refractivity contribution in [2.24, 2.45) is 5.73 Å². The summed E-state index contributed by atoms with van der Waals surface area (Å²) in [6.45, 7) is 6.22. The van der Waals surface area contributed by atoms with E-state index in [0.717, 1.165) is 25.9 Å². The number of rotatable bonds is 6. The lowest BCUT2D eigenvalue weighted by atomic mass is 10.1. The van der Waals surface area contributed by atoms with Crippen molar-refractivity contribution >= 4 is 0 Å². The molecule has 0 aliphatic rings. The van der Waals surface area contributed by atoms with Crippen LogP contribution in [0.15, 0.2) is 24.3 Å². The van der Waals surface area contributed by atoms with Gasteiger partial charge in [0.1, 0.15) is 0 Å². The first kappa shape index (κ1) is 12.2. The highest BCUT2D eigenvalue weighted by Crippen LogP contribution is 2.06. The van der Waals surface area contributed by atoms with Crippen LogP contribution in [0.3, 0.4) is 0 Å². The van der Waals surface area contributed by atoms with E-state index < -0.39 is 0 Å². The Morgan fingerprint density at radius 3 is 2.73 bits per heavy atom. The molecule has 1 aromatic rings. The summed E-state index contributed by atoms with van der Waals surface area (Å²) < 4.78 is 0. The molecule has 0 saturated carbocycles. The first-order valence-electron chi connectivity index (χ1n) is 5.71. The maximum Gasteiger partial charge on any atom is 0.0208 e. The number of nitrogens with two attached hydrogens (primary N) is 1. The molecule has 3 N–H and O–H groups in total. The fraction of sp³-hybridized carbons (Fsp3) is 0.538. The van der Waals surface area contributed by atoms with E-state index in [2.05, 4.69) is 43.4 Å². The van der Waals surface area contributed by atoms with Crippen LogP contribution < -0.4 is 11.1 Å². The monoisotopic (exact) mass is 206 g/mol. The van der Waals surface area contributed by atoms with Crippen LogP contribution in [0.25, 0.3) is 0 Å². The van der Waals surface area contributed by atoms with E-state index in [9.17, 15) is 0 Å². The number of aryl methyl sites for hydroxylation is 1. The Morgan fingerprint density at radius 1 is 1.33 bits per heavy atom. The van der Waals surface area contributed by atoms with Crippen molar-refractivity contribution < 1.29 is 0 Å². The molecule has 0 aromatic heterocycles. The van der Waals surface area contributed by atoms with Gasteiger partial charge in [-0.25, -0.2) is 0 Å². The molecule has 2 heteroatoms. The van der Waals surface area contributed by atoms with Gasteiger partial charge in [-0.2, -0.15) is 0 Å². The van der Waals surface area contributed by atoms with Crippen LogP contribution >= 0.6 is 0 Å². The van der Waals surface area contributed by atoms with Gasteiger partial charge in [0.2, 0.25) is 0 Å². The van der Waals surface area contributed by atoms with Crippen LogP contribution in [0.4, 0.5) is 0 Å². The molecule has 2 nitrogen and oxygen atoms in total. The van der Waals surface area contributed by atoms with Gasteiger partial charge in [-0.3, -0.25) is 0 Å². The largest absolute Gasteiger partial charge is 0.328 e. The van der Waals surface area contributed by atoms with Crippen molar-refractivity contribution in [3.63, 3.8) is 0 Å². The predicted octanol–water partition coefficient (Wildman–Crippen LogP) is 2.21. The Labute approximate surface area is 92.9 Å². The lowest BCUT2D eigenvalue weighted by Gasteiger charge is -2.08. The zero-order chi connectivity index (χ0) is 11.1. The summed E-state index contributed by atoms with van der Waals surface area (Å²) in [5.74, 6) is 0. The van der Waals surface area contributed by atoms with E-state index in [1.54, 1.807) is 0 Å². The highest BCUT2D eigenvalue weighted by Gasteiger charge is 1.97. The molecule has 0 amide bonds. The lowest BCUT2D eigenvalue weighted by Crippen LogP contribution is -2.20. The summed E-state index contributed by atoms with van der Waals surface area (Å²) in [7, 11) is 0. The summed E-state index contributed by atoms with van der Waals surface area (Å²) in [5.41, 5.74) is 8.43. The van der Waals surface area contributed by atoms with Gasteiger partial charge in [-0.05, 0) is 44.4 Å². The minimum absolute atomic E-state index is 0.324. The molecule has 1 rings (SSSR count). The van der Waals surface area contributed by atoms with E-state index in [1.807, 2.05) is 0 Å². The van der Waals surface area contributed by atoms with Crippen molar-refractivity contribution in [2.75, 3.05) is 6.54 Å². The second-order valence-electron chi connectivity index (χ2n) is 4.22. The fourth-order valence-electron chi connectivity index (χ4n) is 1.58. The smallest absolute Gasteiger partial charge is 0.0208 e. The van der Waals surface area contributed by atoms with E-state index >= 15 is 0 Å². The van der Waals surface area contributed by atoms with Gasteiger partial charge >= 0.3 is 0 Å². The maximum absolute atomic E-state index is 5.68. The number of nitrogens with one attached hydrogen (secondary N) is 1. The van der Waals surface area contributed by atoms with Crippen molar-refractivity contribution in [2.45, 2.75) is 39.3 Å². The van der Waals surface area contributed by atoms with Gasteiger partial charge < -0.3 is 11.1 Å². The standard InChI is InChI=1S/C13H22N2/c1-11-6-3-4-8-13(11)10-15-9-5-7-12(2)14/h3-4,6,8,12,15H,5,7,9-10,14H2,1-2H3. The van der Waals surface area contributed by atoms with E-state index in [1.165, 1.54) is 11.1 Å². The second kappa shape index (κ2) is 6.59. The normalized spacial score (nSPS) is 12.7. The Morgan fingerprint density at radius 2 is 2.07 bits per heavy atom. The van der Waals surface area contributed by atoms with Gasteiger partial charge in [0.15, 0.2) is 0 Å². The minimum atomic E-state index is 0.324. The second-order valence-corrected chi connectivity index (χ2v) is 4.22. The first-order chi connectivity index (χ1) is 7.20. The van der Waals surface area contributed by atoms with Crippen LogP contribution in [0.2, 0.25) is 0 Å². The Hall–Kier alpha value is -0.860. The quantitative estimate of drug-likeness (QED) is 0.700. The van der Waals surface area contributed by atoms with E-state index in [0.29, 0.717) is 6.04 Å². The molecule has 1 aromatic carbocycles. The third kappa shape index (κ3) is 4.96. The lowest BCUT2D eigenvalue weighted by molar-refractivity contribution is 0.574. The topological polar surface area (TPSA) is 38.0 Å². The average molecular weight is 206 g/mol.